The second kappa shape index (κ2) is 7.00. The van der Waals surface area contributed by atoms with Crippen LogP contribution in [0, 0.1) is 11.3 Å². The number of methoxy groups -OCH3 is 1. The topological polar surface area (TPSA) is 58.6 Å². The van der Waals surface area contributed by atoms with E-state index in [1.807, 2.05) is 12.0 Å². The second-order valence-electron chi connectivity index (χ2n) is 7.92. The maximum Gasteiger partial charge on any atom is 0.272 e. The number of amides is 1. The SMILES string of the molecule is COCC1CN(C2CCC2)CC12CCN(C(=O)c1ccncn1)CC2. The van der Waals surface area contributed by atoms with Gasteiger partial charge in [-0.05, 0) is 37.2 Å². The molecule has 3 heterocycles. The molecule has 1 aliphatic carbocycles. The summed E-state index contributed by atoms with van der Waals surface area (Å²) in [5.74, 6) is 0.629. The Morgan fingerprint density at radius 2 is 2.16 bits per heavy atom. The van der Waals surface area contributed by atoms with Gasteiger partial charge in [0.2, 0.25) is 0 Å². The minimum absolute atomic E-state index is 0.0365. The Morgan fingerprint density at radius 3 is 2.76 bits per heavy atom. The minimum Gasteiger partial charge on any atom is -0.384 e. The average Bonchev–Trinajstić information content (AvgIpc) is 2.92. The highest BCUT2D eigenvalue weighted by Crippen LogP contribution is 2.47. The average molecular weight is 344 g/mol. The Labute approximate surface area is 149 Å². The Kier molecular flexibility index (Phi) is 4.73. The molecule has 1 aromatic rings. The van der Waals surface area contributed by atoms with Crippen LogP contribution in [-0.4, -0.2) is 71.6 Å². The molecule has 2 aliphatic heterocycles. The van der Waals surface area contributed by atoms with Crippen molar-refractivity contribution in [2.24, 2.45) is 11.3 Å². The lowest BCUT2D eigenvalue weighted by Gasteiger charge is -2.43. The van der Waals surface area contributed by atoms with Crippen LogP contribution in [-0.2, 0) is 4.74 Å². The van der Waals surface area contributed by atoms with Gasteiger partial charge in [0.15, 0.2) is 0 Å². The smallest absolute Gasteiger partial charge is 0.272 e. The summed E-state index contributed by atoms with van der Waals surface area (Å²) in [5, 5.41) is 0. The molecular formula is C19H28N4O2. The number of carbonyl (C=O) groups excluding carboxylic acids is 1. The Morgan fingerprint density at radius 1 is 1.36 bits per heavy atom. The van der Waals surface area contributed by atoms with Crippen LogP contribution in [0.5, 0.6) is 0 Å². The van der Waals surface area contributed by atoms with Crippen LogP contribution < -0.4 is 0 Å². The predicted molar refractivity (Wildman–Crippen MR) is 94.2 cm³/mol. The highest BCUT2D eigenvalue weighted by atomic mass is 16.5. The first kappa shape index (κ1) is 16.9. The van der Waals surface area contributed by atoms with Gasteiger partial charge < -0.3 is 9.64 Å². The minimum atomic E-state index is 0.0365. The lowest BCUT2D eigenvalue weighted by molar-refractivity contribution is 0.0309. The van der Waals surface area contributed by atoms with Gasteiger partial charge in [-0.3, -0.25) is 9.69 Å². The first-order valence-electron chi connectivity index (χ1n) is 9.50. The summed E-state index contributed by atoms with van der Waals surface area (Å²) in [5.41, 5.74) is 0.815. The third-order valence-corrected chi connectivity index (χ3v) is 6.65. The molecule has 0 aromatic carbocycles. The van der Waals surface area contributed by atoms with E-state index >= 15 is 0 Å². The van der Waals surface area contributed by atoms with Gasteiger partial charge in [-0.15, -0.1) is 0 Å². The highest BCUT2D eigenvalue weighted by molar-refractivity contribution is 5.92. The molecule has 136 valence electrons. The van der Waals surface area contributed by atoms with Gasteiger partial charge in [-0.25, -0.2) is 9.97 Å². The molecule has 1 aromatic heterocycles. The highest BCUT2D eigenvalue weighted by Gasteiger charge is 2.50. The molecule has 1 unspecified atom stereocenters. The number of carbonyl (C=O) groups is 1. The first-order chi connectivity index (χ1) is 12.2. The van der Waals surface area contributed by atoms with Crippen LogP contribution in [0.25, 0.3) is 0 Å². The molecule has 25 heavy (non-hydrogen) atoms. The molecule has 6 heteroatoms. The van der Waals surface area contributed by atoms with Gasteiger partial charge in [0.25, 0.3) is 5.91 Å². The van der Waals surface area contributed by atoms with Crippen molar-refractivity contribution in [1.82, 2.24) is 19.8 Å². The summed E-state index contributed by atoms with van der Waals surface area (Å²) in [7, 11) is 1.81. The quantitative estimate of drug-likeness (QED) is 0.834. The van der Waals surface area contributed by atoms with Gasteiger partial charge in [0.05, 0.1) is 6.61 Å². The fourth-order valence-corrected chi connectivity index (χ4v) is 4.84. The Bertz CT molecular complexity index is 597. The van der Waals surface area contributed by atoms with E-state index in [0.29, 0.717) is 17.0 Å². The largest absolute Gasteiger partial charge is 0.384 e. The number of hydrogen-bond donors (Lipinski definition) is 0. The third-order valence-electron chi connectivity index (χ3n) is 6.65. The predicted octanol–water partition coefficient (Wildman–Crippen LogP) is 1.83. The lowest BCUT2D eigenvalue weighted by Crippen LogP contribution is -2.48. The molecule has 1 atom stereocenters. The molecule has 0 bridgehead atoms. The summed E-state index contributed by atoms with van der Waals surface area (Å²) < 4.78 is 5.55. The molecule has 4 rings (SSSR count). The van der Waals surface area contributed by atoms with E-state index in [1.165, 1.54) is 38.7 Å². The summed E-state index contributed by atoms with van der Waals surface area (Å²) in [6.45, 7) is 4.83. The van der Waals surface area contributed by atoms with Crippen LogP contribution in [0.15, 0.2) is 18.6 Å². The van der Waals surface area contributed by atoms with Gasteiger partial charge in [-0.2, -0.15) is 0 Å². The molecule has 1 amide bonds. The zero-order valence-corrected chi connectivity index (χ0v) is 15.1. The van der Waals surface area contributed by atoms with E-state index in [2.05, 4.69) is 14.9 Å². The van der Waals surface area contributed by atoms with Crippen molar-refractivity contribution in [2.75, 3.05) is 39.9 Å². The summed E-state index contributed by atoms with van der Waals surface area (Å²) in [6.07, 6.45) is 9.31. The molecule has 0 N–H and O–H groups in total. The number of hydrogen-bond acceptors (Lipinski definition) is 5. The van der Waals surface area contributed by atoms with Crippen molar-refractivity contribution < 1.29 is 9.53 Å². The van der Waals surface area contributed by atoms with E-state index in [9.17, 15) is 4.79 Å². The van der Waals surface area contributed by atoms with Gasteiger partial charge >= 0.3 is 0 Å². The first-order valence-corrected chi connectivity index (χ1v) is 9.50. The third kappa shape index (κ3) is 3.17. The summed E-state index contributed by atoms with van der Waals surface area (Å²) in [4.78, 5) is 25.3. The number of piperidine rings is 1. The van der Waals surface area contributed by atoms with E-state index in [1.54, 1.807) is 12.3 Å². The van der Waals surface area contributed by atoms with Crippen molar-refractivity contribution in [2.45, 2.75) is 38.1 Å². The molecule has 1 saturated carbocycles. The van der Waals surface area contributed by atoms with Crippen molar-refractivity contribution in [1.29, 1.82) is 0 Å². The van der Waals surface area contributed by atoms with E-state index < -0.39 is 0 Å². The van der Waals surface area contributed by atoms with Gasteiger partial charge in [-0.1, -0.05) is 6.42 Å². The van der Waals surface area contributed by atoms with Crippen molar-refractivity contribution in [3.05, 3.63) is 24.3 Å². The van der Waals surface area contributed by atoms with Crippen LogP contribution >= 0.6 is 0 Å². The number of aromatic nitrogens is 2. The van der Waals surface area contributed by atoms with Crippen LogP contribution in [0.3, 0.4) is 0 Å². The van der Waals surface area contributed by atoms with Crippen molar-refractivity contribution in [3.8, 4) is 0 Å². The maximum atomic E-state index is 12.6. The van der Waals surface area contributed by atoms with Crippen LogP contribution in [0.1, 0.15) is 42.6 Å². The fraction of sp³-hybridized carbons (Fsp3) is 0.737. The van der Waals surface area contributed by atoms with E-state index in [0.717, 1.165) is 38.6 Å². The fourth-order valence-electron chi connectivity index (χ4n) is 4.84. The van der Waals surface area contributed by atoms with Crippen LogP contribution in [0.4, 0.5) is 0 Å². The molecule has 2 saturated heterocycles. The zero-order valence-electron chi connectivity index (χ0n) is 15.1. The molecule has 6 nitrogen and oxygen atoms in total. The van der Waals surface area contributed by atoms with E-state index in [4.69, 9.17) is 4.74 Å². The number of ether oxygens (including phenoxy) is 1. The molecule has 1 spiro atoms. The molecule has 3 fully saturated rings. The molecule has 3 aliphatic rings. The number of rotatable bonds is 4. The van der Waals surface area contributed by atoms with Gasteiger partial charge in [0, 0.05) is 51.4 Å². The summed E-state index contributed by atoms with van der Waals surface area (Å²) >= 11 is 0. The van der Waals surface area contributed by atoms with Crippen molar-refractivity contribution >= 4 is 5.91 Å². The Balaban J connectivity index is 1.42. The number of likely N-dealkylation sites (tertiary alicyclic amines) is 2. The lowest BCUT2D eigenvalue weighted by atomic mass is 9.71. The molecular weight excluding hydrogens is 316 g/mol. The van der Waals surface area contributed by atoms with Crippen LogP contribution in [0.2, 0.25) is 0 Å². The standard InChI is InChI=1S/C19H28N4O2/c1-25-12-15-11-23(16-3-2-4-16)13-19(15)6-9-22(10-7-19)18(24)17-5-8-20-14-21-17/h5,8,14-16H,2-4,6-7,9-13H2,1H3. The normalized spacial score (nSPS) is 26.8. The second-order valence-corrected chi connectivity index (χ2v) is 7.92. The maximum absolute atomic E-state index is 12.6. The number of nitrogens with zero attached hydrogens (tertiary/aromatic N) is 4. The van der Waals surface area contributed by atoms with E-state index in [-0.39, 0.29) is 5.91 Å². The van der Waals surface area contributed by atoms with Gasteiger partial charge in [0.1, 0.15) is 12.0 Å². The summed E-state index contributed by atoms with van der Waals surface area (Å²) in [6, 6.07) is 2.49. The van der Waals surface area contributed by atoms with Crippen molar-refractivity contribution in [3.63, 3.8) is 0 Å². The monoisotopic (exact) mass is 344 g/mol. The molecule has 0 radical (unpaired) electrons. The zero-order chi connectivity index (χ0) is 17.3. The Hall–Kier alpha value is -1.53.